The Morgan fingerprint density at radius 2 is 1.93 bits per heavy atom. The third-order valence-electron chi connectivity index (χ3n) is 5.69. The van der Waals surface area contributed by atoms with Gasteiger partial charge in [0.1, 0.15) is 0 Å². The molecule has 0 bridgehead atoms. The van der Waals surface area contributed by atoms with Gasteiger partial charge >= 0.3 is 12.1 Å². The van der Waals surface area contributed by atoms with Gasteiger partial charge in [-0.2, -0.15) is 13.2 Å². The summed E-state index contributed by atoms with van der Waals surface area (Å²) in [6, 6.07) is 0.391. The maximum atomic E-state index is 12.9. The number of fused-ring (bicyclic) bond motifs is 1. The fourth-order valence-corrected chi connectivity index (χ4v) is 4.16. The Labute approximate surface area is 162 Å². The van der Waals surface area contributed by atoms with Gasteiger partial charge in [0.2, 0.25) is 5.91 Å². The topological polar surface area (TPSA) is 88.1 Å². The molecule has 162 valence electrons. The van der Waals surface area contributed by atoms with E-state index in [2.05, 4.69) is 10.2 Å². The summed E-state index contributed by atoms with van der Waals surface area (Å²) in [4.78, 5) is 24.2. The predicted octanol–water partition coefficient (Wildman–Crippen LogP) is 1.81. The molecule has 2 N–H and O–H groups in total. The van der Waals surface area contributed by atoms with Gasteiger partial charge in [0.25, 0.3) is 0 Å². The zero-order valence-electron chi connectivity index (χ0n) is 16.1. The van der Waals surface area contributed by atoms with Gasteiger partial charge in [-0.3, -0.25) is 9.69 Å². The fourth-order valence-electron chi connectivity index (χ4n) is 4.16. The monoisotopic (exact) mass is 410 g/mol. The van der Waals surface area contributed by atoms with Crippen molar-refractivity contribution in [3.63, 3.8) is 0 Å². The molecule has 10 heteroatoms. The van der Waals surface area contributed by atoms with E-state index in [4.69, 9.17) is 19.4 Å². The van der Waals surface area contributed by atoms with Gasteiger partial charge in [0, 0.05) is 39.4 Å². The molecule has 3 aliphatic rings. The average Bonchev–Trinajstić information content (AvgIpc) is 3.29. The number of nitrogens with zero attached hydrogens (tertiary/aromatic N) is 1. The molecule has 0 aromatic heterocycles. The Hall–Kier alpha value is -1.39. The number of amides is 1. The fraction of sp³-hybridized carbons (Fsp3) is 0.889. The first-order chi connectivity index (χ1) is 13.2. The maximum Gasteiger partial charge on any atom is 0.490 e. The number of carbonyl (C=O) groups is 2. The third kappa shape index (κ3) is 5.81. The lowest BCUT2D eigenvalue weighted by Crippen LogP contribution is -2.58. The number of carbonyl (C=O) groups excluding carboxylic acids is 1. The van der Waals surface area contributed by atoms with E-state index in [9.17, 15) is 18.0 Å². The number of alkyl halides is 3. The second-order valence-corrected chi connectivity index (χ2v) is 7.58. The quantitative estimate of drug-likeness (QED) is 0.719. The van der Waals surface area contributed by atoms with Crippen LogP contribution in [0.25, 0.3) is 0 Å². The summed E-state index contributed by atoms with van der Waals surface area (Å²) >= 11 is 0. The van der Waals surface area contributed by atoms with Crippen molar-refractivity contribution in [2.75, 3.05) is 40.0 Å². The molecule has 1 amide bonds. The number of piperidine rings is 1. The number of rotatable bonds is 5. The number of methoxy groups -OCH3 is 1. The molecule has 3 fully saturated rings. The molecule has 2 heterocycles. The van der Waals surface area contributed by atoms with Crippen LogP contribution in [0.2, 0.25) is 0 Å². The van der Waals surface area contributed by atoms with Crippen molar-refractivity contribution in [1.82, 2.24) is 10.2 Å². The summed E-state index contributed by atoms with van der Waals surface area (Å²) in [5.41, 5.74) is -0.325. The lowest BCUT2D eigenvalue weighted by Gasteiger charge is -2.42. The molecule has 0 spiro atoms. The molecule has 28 heavy (non-hydrogen) atoms. The van der Waals surface area contributed by atoms with Crippen LogP contribution in [-0.4, -0.2) is 80.2 Å². The van der Waals surface area contributed by atoms with E-state index in [-0.39, 0.29) is 17.4 Å². The van der Waals surface area contributed by atoms with Crippen LogP contribution < -0.4 is 5.32 Å². The number of hydrogen-bond acceptors (Lipinski definition) is 5. The standard InChI is InChI=1S/C16H28N2O3.C2HF3O2/c1-20-11-9-18-8-6-14-16(12-18,7-10-21-14)15(19)17-13-4-2-3-5-13;3-2(4,5)1(6)7/h13-14H,2-12H2,1H3,(H,17,19);(H,6,7)/t14-,16-;/m1./s1. The molecule has 1 saturated carbocycles. The summed E-state index contributed by atoms with van der Waals surface area (Å²) in [5.74, 6) is -2.52. The number of nitrogens with one attached hydrogen (secondary N) is 1. The molecule has 3 rings (SSSR count). The van der Waals surface area contributed by atoms with Crippen LogP contribution in [0.1, 0.15) is 38.5 Å². The zero-order valence-corrected chi connectivity index (χ0v) is 16.1. The van der Waals surface area contributed by atoms with Crippen molar-refractivity contribution in [2.24, 2.45) is 5.41 Å². The average molecular weight is 410 g/mol. The van der Waals surface area contributed by atoms with Crippen molar-refractivity contribution in [3.05, 3.63) is 0 Å². The molecular formula is C18H29F3N2O5. The van der Waals surface area contributed by atoms with Crippen LogP contribution in [0.3, 0.4) is 0 Å². The highest BCUT2D eigenvalue weighted by Crippen LogP contribution is 2.41. The van der Waals surface area contributed by atoms with E-state index in [0.29, 0.717) is 6.04 Å². The molecule has 0 aromatic carbocycles. The van der Waals surface area contributed by atoms with Crippen molar-refractivity contribution in [3.8, 4) is 0 Å². The molecule has 2 atom stereocenters. The number of likely N-dealkylation sites (tertiary alicyclic amines) is 1. The van der Waals surface area contributed by atoms with Gasteiger partial charge < -0.3 is 19.9 Å². The third-order valence-corrected chi connectivity index (χ3v) is 5.69. The van der Waals surface area contributed by atoms with Crippen LogP contribution in [-0.2, 0) is 19.1 Å². The van der Waals surface area contributed by atoms with Crippen LogP contribution in [0, 0.1) is 5.41 Å². The summed E-state index contributed by atoms with van der Waals surface area (Å²) in [6.07, 6.45) is 1.62. The predicted molar refractivity (Wildman–Crippen MR) is 93.8 cm³/mol. The maximum absolute atomic E-state index is 12.9. The summed E-state index contributed by atoms with van der Waals surface area (Å²) in [5, 5.41) is 10.4. The minimum Gasteiger partial charge on any atom is -0.475 e. The lowest BCUT2D eigenvalue weighted by molar-refractivity contribution is -0.192. The first kappa shape index (κ1) is 22.9. The molecule has 2 aliphatic heterocycles. The van der Waals surface area contributed by atoms with Crippen molar-refractivity contribution in [1.29, 1.82) is 0 Å². The highest BCUT2D eigenvalue weighted by Gasteiger charge is 2.53. The van der Waals surface area contributed by atoms with E-state index < -0.39 is 12.1 Å². The van der Waals surface area contributed by atoms with Crippen molar-refractivity contribution < 1.29 is 37.3 Å². The smallest absolute Gasteiger partial charge is 0.475 e. The van der Waals surface area contributed by atoms with Crippen molar-refractivity contribution in [2.45, 2.75) is 56.8 Å². The lowest BCUT2D eigenvalue weighted by atomic mass is 9.75. The van der Waals surface area contributed by atoms with Crippen LogP contribution in [0.4, 0.5) is 13.2 Å². The molecule has 1 aliphatic carbocycles. The zero-order chi connectivity index (χ0) is 20.8. The number of carboxylic acids is 1. The summed E-state index contributed by atoms with van der Waals surface area (Å²) < 4.78 is 42.8. The largest absolute Gasteiger partial charge is 0.490 e. The Bertz CT molecular complexity index is 540. The van der Waals surface area contributed by atoms with Gasteiger partial charge in [0.05, 0.1) is 18.1 Å². The summed E-state index contributed by atoms with van der Waals surface area (Å²) in [7, 11) is 1.73. The van der Waals surface area contributed by atoms with Gasteiger partial charge in [-0.15, -0.1) is 0 Å². The number of ether oxygens (including phenoxy) is 2. The molecule has 0 radical (unpaired) electrons. The van der Waals surface area contributed by atoms with Crippen LogP contribution in [0.5, 0.6) is 0 Å². The molecule has 7 nitrogen and oxygen atoms in total. The second-order valence-electron chi connectivity index (χ2n) is 7.58. The highest BCUT2D eigenvalue weighted by molar-refractivity contribution is 5.84. The number of carboxylic acid groups (broad SMARTS) is 1. The van der Waals surface area contributed by atoms with Crippen LogP contribution in [0.15, 0.2) is 0 Å². The van der Waals surface area contributed by atoms with E-state index in [1.54, 1.807) is 7.11 Å². The van der Waals surface area contributed by atoms with Gasteiger partial charge in [-0.1, -0.05) is 12.8 Å². The van der Waals surface area contributed by atoms with Crippen LogP contribution >= 0.6 is 0 Å². The van der Waals surface area contributed by atoms with E-state index in [0.717, 1.165) is 58.5 Å². The Kier molecular flexibility index (Phi) is 8.08. The number of hydrogen-bond donors (Lipinski definition) is 2. The Morgan fingerprint density at radius 1 is 1.29 bits per heavy atom. The van der Waals surface area contributed by atoms with Crippen molar-refractivity contribution >= 4 is 11.9 Å². The Balaban J connectivity index is 0.000000345. The molecular weight excluding hydrogens is 381 g/mol. The first-order valence-corrected chi connectivity index (χ1v) is 9.63. The SMILES string of the molecule is COCCN1CC[C@H]2OCC[C@@]2(C(=O)NC2CCCC2)C1.O=C(O)C(F)(F)F. The Morgan fingerprint density at radius 3 is 2.50 bits per heavy atom. The molecule has 0 aromatic rings. The van der Waals surface area contributed by atoms with Gasteiger partial charge in [-0.05, 0) is 25.7 Å². The summed E-state index contributed by atoms with van der Waals surface area (Å²) in [6.45, 7) is 4.18. The normalized spacial score (nSPS) is 28.4. The number of aliphatic carboxylic acids is 1. The number of halogens is 3. The van der Waals surface area contributed by atoms with Gasteiger partial charge in [-0.25, -0.2) is 4.79 Å². The molecule has 0 unspecified atom stereocenters. The van der Waals surface area contributed by atoms with E-state index in [1.807, 2.05) is 0 Å². The first-order valence-electron chi connectivity index (χ1n) is 9.63. The molecule has 2 saturated heterocycles. The highest BCUT2D eigenvalue weighted by atomic mass is 19.4. The van der Waals surface area contributed by atoms with Gasteiger partial charge in [0.15, 0.2) is 0 Å². The van der Waals surface area contributed by atoms with E-state index in [1.165, 1.54) is 12.8 Å². The minimum absolute atomic E-state index is 0.109. The second kappa shape index (κ2) is 9.89. The minimum atomic E-state index is -5.08. The van der Waals surface area contributed by atoms with E-state index >= 15 is 0 Å².